The molecule has 1 aromatic carbocycles. The highest BCUT2D eigenvalue weighted by Gasteiger charge is 2.06. The van der Waals surface area contributed by atoms with Gasteiger partial charge in [0.2, 0.25) is 0 Å². The molecule has 2 aromatic rings. The predicted octanol–water partition coefficient (Wildman–Crippen LogP) is 3.06. The number of rotatable bonds is 5. The van der Waals surface area contributed by atoms with Crippen LogP contribution in [-0.4, -0.2) is 22.8 Å². The van der Waals surface area contributed by atoms with Crippen LogP contribution in [0.2, 0.25) is 0 Å². The Hall–Kier alpha value is -2.02. The third-order valence-corrected chi connectivity index (χ3v) is 2.96. The van der Waals surface area contributed by atoms with Gasteiger partial charge in [0.25, 0.3) is 0 Å². The molecule has 0 aliphatic heterocycles. The highest BCUT2D eigenvalue weighted by Crippen LogP contribution is 2.24. The fourth-order valence-corrected chi connectivity index (χ4v) is 1.98. The van der Waals surface area contributed by atoms with E-state index in [1.807, 2.05) is 6.26 Å². The van der Waals surface area contributed by atoms with Crippen molar-refractivity contribution in [3.63, 3.8) is 0 Å². The van der Waals surface area contributed by atoms with Gasteiger partial charge in [-0.05, 0) is 25.3 Å². The van der Waals surface area contributed by atoms with Gasteiger partial charge in [-0.15, -0.1) is 0 Å². The SMILES string of the molecule is CCOc1ccc(Nc2cc(N)nc(SC)n2)cc1F. The Morgan fingerprint density at radius 3 is 2.80 bits per heavy atom. The molecule has 7 heteroatoms. The highest BCUT2D eigenvalue weighted by atomic mass is 32.2. The number of nitrogens with zero attached hydrogens (tertiary/aromatic N) is 2. The minimum absolute atomic E-state index is 0.227. The van der Waals surface area contributed by atoms with Crippen molar-refractivity contribution in [2.24, 2.45) is 0 Å². The third-order valence-electron chi connectivity index (χ3n) is 2.41. The summed E-state index contributed by atoms with van der Waals surface area (Å²) in [7, 11) is 0. The van der Waals surface area contributed by atoms with Gasteiger partial charge in [0.1, 0.15) is 11.6 Å². The molecular weight excluding hydrogens is 279 g/mol. The molecule has 0 spiro atoms. The van der Waals surface area contributed by atoms with Gasteiger partial charge in [0.15, 0.2) is 16.7 Å². The van der Waals surface area contributed by atoms with Gasteiger partial charge in [-0.3, -0.25) is 0 Å². The molecule has 3 N–H and O–H groups in total. The standard InChI is InChI=1S/C13H15FN4OS/c1-3-19-10-5-4-8(6-9(10)14)16-12-7-11(15)17-13(18-12)20-2/h4-7H,3H2,1-2H3,(H3,15,16,17,18). The molecule has 1 heterocycles. The van der Waals surface area contributed by atoms with E-state index in [0.717, 1.165) is 0 Å². The molecular formula is C13H15FN4OS. The van der Waals surface area contributed by atoms with E-state index in [4.69, 9.17) is 10.5 Å². The van der Waals surface area contributed by atoms with Crippen molar-refractivity contribution >= 4 is 29.1 Å². The monoisotopic (exact) mass is 294 g/mol. The van der Waals surface area contributed by atoms with Crippen LogP contribution in [0.3, 0.4) is 0 Å². The number of nitrogen functional groups attached to an aromatic ring is 1. The molecule has 2 rings (SSSR count). The van der Waals surface area contributed by atoms with Gasteiger partial charge >= 0.3 is 0 Å². The first-order valence-electron chi connectivity index (χ1n) is 6.00. The maximum absolute atomic E-state index is 13.7. The molecule has 0 saturated heterocycles. The lowest BCUT2D eigenvalue weighted by atomic mass is 10.3. The number of nitrogens with two attached hydrogens (primary N) is 1. The van der Waals surface area contributed by atoms with Crippen LogP contribution in [0.4, 0.5) is 21.7 Å². The first-order valence-corrected chi connectivity index (χ1v) is 7.22. The van der Waals surface area contributed by atoms with E-state index in [1.165, 1.54) is 17.8 Å². The first kappa shape index (κ1) is 14.4. The van der Waals surface area contributed by atoms with Gasteiger partial charge in [-0.1, -0.05) is 11.8 Å². The van der Waals surface area contributed by atoms with Crippen molar-refractivity contribution in [1.82, 2.24) is 9.97 Å². The van der Waals surface area contributed by atoms with Crippen LogP contribution >= 0.6 is 11.8 Å². The second kappa shape index (κ2) is 6.42. The fourth-order valence-electron chi connectivity index (χ4n) is 1.60. The van der Waals surface area contributed by atoms with Crippen LogP contribution < -0.4 is 15.8 Å². The van der Waals surface area contributed by atoms with Crippen LogP contribution in [0.15, 0.2) is 29.4 Å². The zero-order valence-electron chi connectivity index (χ0n) is 11.2. The van der Waals surface area contributed by atoms with Crippen LogP contribution in [0.1, 0.15) is 6.92 Å². The molecule has 0 aliphatic rings. The van der Waals surface area contributed by atoms with E-state index in [2.05, 4.69) is 15.3 Å². The third kappa shape index (κ3) is 3.51. The number of benzene rings is 1. The second-order valence-corrected chi connectivity index (χ2v) is 4.64. The predicted molar refractivity (Wildman–Crippen MR) is 79.1 cm³/mol. The molecule has 106 valence electrons. The average molecular weight is 294 g/mol. The van der Waals surface area contributed by atoms with Gasteiger partial charge < -0.3 is 15.8 Å². The summed E-state index contributed by atoms with van der Waals surface area (Å²) in [6.07, 6.45) is 1.86. The smallest absolute Gasteiger partial charge is 0.191 e. The summed E-state index contributed by atoms with van der Waals surface area (Å²) in [6.45, 7) is 2.22. The highest BCUT2D eigenvalue weighted by molar-refractivity contribution is 7.98. The Kier molecular flexibility index (Phi) is 4.62. The van der Waals surface area contributed by atoms with E-state index in [9.17, 15) is 4.39 Å². The van der Waals surface area contributed by atoms with Crippen molar-refractivity contribution in [1.29, 1.82) is 0 Å². The van der Waals surface area contributed by atoms with Crippen molar-refractivity contribution < 1.29 is 9.13 Å². The maximum Gasteiger partial charge on any atom is 0.191 e. The Morgan fingerprint density at radius 2 is 2.15 bits per heavy atom. The lowest BCUT2D eigenvalue weighted by Crippen LogP contribution is -2.01. The molecule has 0 atom stereocenters. The minimum atomic E-state index is -0.427. The number of thioether (sulfide) groups is 1. The van der Waals surface area contributed by atoms with Crippen LogP contribution in [-0.2, 0) is 0 Å². The lowest BCUT2D eigenvalue weighted by molar-refractivity contribution is 0.321. The molecule has 1 aromatic heterocycles. The molecule has 0 amide bonds. The second-order valence-electron chi connectivity index (χ2n) is 3.87. The lowest BCUT2D eigenvalue weighted by Gasteiger charge is -2.09. The first-order chi connectivity index (χ1) is 9.62. The van der Waals surface area contributed by atoms with Crippen molar-refractivity contribution in [3.8, 4) is 5.75 Å². The molecule has 0 bridgehead atoms. The molecule has 0 aliphatic carbocycles. The number of ether oxygens (including phenoxy) is 1. The van der Waals surface area contributed by atoms with Crippen molar-refractivity contribution in [2.45, 2.75) is 12.1 Å². The van der Waals surface area contributed by atoms with Gasteiger partial charge in [-0.2, -0.15) is 0 Å². The maximum atomic E-state index is 13.7. The topological polar surface area (TPSA) is 73.1 Å². The Balaban J connectivity index is 2.21. The number of anilines is 3. The fraction of sp³-hybridized carbons (Fsp3) is 0.231. The number of aromatic nitrogens is 2. The van der Waals surface area contributed by atoms with Crippen molar-refractivity contribution in [3.05, 3.63) is 30.1 Å². The molecule has 5 nitrogen and oxygen atoms in total. The molecule has 0 saturated carbocycles. The number of hydrogen-bond donors (Lipinski definition) is 2. The van der Waals surface area contributed by atoms with Crippen molar-refractivity contribution in [2.75, 3.05) is 23.9 Å². The Bertz CT molecular complexity index is 609. The van der Waals surface area contributed by atoms with E-state index >= 15 is 0 Å². The van der Waals surface area contributed by atoms with Crippen LogP contribution in [0, 0.1) is 5.82 Å². The van der Waals surface area contributed by atoms with E-state index in [0.29, 0.717) is 29.1 Å². The zero-order chi connectivity index (χ0) is 14.5. The number of hydrogen-bond acceptors (Lipinski definition) is 6. The van der Waals surface area contributed by atoms with Gasteiger partial charge in [0.05, 0.1) is 6.61 Å². The molecule has 0 radical (unpaired) electrons. The van der Waals surface area contributed by atoms with E-state index in [1.54, 1.807) is 25.1 Å². The summed E-state index contributed by atoms with van der Waals surface area (Å²) in [5.74, 6) is 0.678. The zero-order valence-corrected chi connectivity index (χ0v) is 12.0. The number of halogens is 1. The van der Waals surface area contributed by atoms with Gasteiger partial charge in [0, 0.05) is 17.8 Å². The Labute approximate surface area is 120 Å². The summed E-state index contributed by atoms with van der Waals surface area (Å²) >= 11 is 1.38. The quantitative estimate of drug-likeness (QED) is 0.652. The van der Waals surface area contributed by atoms with Crippen LogP contribution in [0.25, 0.3) is 0 Å². The van der Waals surface area contributed by atoms with E-state index in [-0.39, 0.29) is 5.75 Å². The summed E-state index contributed by atoms with van der Waals surface area (Å²) in [6, 6.07) is 6.22. The Morgan fingerprint density at radius 1 is 1.35 bits per heavy atom. The van der Waals surface area contributed by atoms with Crippen LogP contribution in [0.5, 0.6) is 5.75 Å². The molecule has 0 fully saturated rings. The average Bonchev–Trinajstić information content (AvgIpc) is 2.41. The van der Waals surface area contributed by atoms with Gasteiger partial charge in [-0.25, -0.2) is 14.4 Å². The molecule has 20 heavy (non-hydrogen) atoms. The summed E-state index contributed by atoms with van der Waals surface area (Å²) in [5, 5.41) is 3.54. The summed E-state index contributed by atoms with van der Waals surface area (Å²) in [5.41, 5.74) is 6.25. The summed E-state index contributed by atoms with van der Waals surface area (Å²) < 4.78 is 18.9. The van der Waals surface area contributed by atoms with E-state index < -0.39 is 5.82 Å². The largest absolute Gasteiger partial charge is 0.491 e. The minimum Gasteiger partial charge on any atom is -0.491 e. The molecule has 0 unspecified atom stereocenters. The normalized spacial score (nSPS) is 10.3. The number of nitrogens with one attached hydrogen (secondary N) is 1. The summed E-state index contributed by atoms with van der Waals surface area (Å²) in [4.78, 5) is 8.29.